The number of oxazole rings is 1. The van der Waals surface area contributed by atoms with E-state index in [-0.39, 0.29) is 0 Å². The summed E-state index contributed by atoms with van der Waals surface area (Å²) in [5, 5.41) is 3.32. The lowest BCUT2D eigenvalue weighted by Gasteiger charge is -2.03. The van der Waals surface area contributed by atoms with Crippen LogP contribution in [0, 0.1) is 13.8 Å². The lowest BCUT2D eigenvalue weighted by molar-refractivity contribution is 0.617. The van der Waals surface area contributed by atoms with E-state index in [9.17, 15) is 0 Å². The molecule has 0 amide bonds. The summed E-state index contributed by atoms with van der Waals surface area (Å²) in [6.45, 7) is 7.10. The van der Waals surface area contributed by atoms with Crippen LogP contribution in [0.5, 0.6) is 0 Å². The van der Waals surface area contributed by atoms with Crippen LogP contribution in [0.4, 0.5) is 5.69 Å². The molecule has 3 rings (SSSR count). The number of benzene rings is 2. The highest BCUT2D eigenvalue weighted by atomic mass is 16.3. The van der Waals surface area contributed by atoms with Crippen LogP contribution in [0.25, 0.3) is 22.6 Å². The van der Waals surface area contributed by atoms with E-state index in [4.69, 9.17) is 4.42 Å². The van der Waals surface area contributed by atoms with Crippen LogP contribution in [0.15, 0.2) is 40.8 Å². The molecule has 0 atom stereocenters. The molecule has 2 aromatic carbocycles. The molecule has 0 spiro atoms. The van der Waals surface area contributed by atoms with Crippen molar-refractivity contribution in [2.45, 2.75) is 20.8 Å². The lowest BCUT2D eigenvalue weighted by atomic mass is 10.1. The van der Waals surface area contributed by atoms with Crippen LogP contribution >= 0.6 is 0 Å². The van der Waals surface area contributed by atoms with Crippen molar-refractivity contribution in [3.63, 3.8) is 0 Å². The van der Waals surface area contributed by atoms with Crippen molar-refractivity contribution in [3.8, 4) is 11.5 Å². The number of nitrogens with one attached hydrogen (secondary N) is 1. The van der Waals surface area contributed by atoms with Gasteiger partial charge in [0, 0.05) is 17.8 Å². The van der Waals surface area contributed by atoms with E-state index >= 15 is 0 Å². The van der Waals surface area contributed by atoms with Gasteiger partial charge in [0.1, 0.15) is 5.52 Å². The van der Waals surface area contributed by atoms with Gasteiger partial charge in [-0.3, -0.25) is 0 Å². The Hall–Kier alpha value is -2.29. The molecule has 0 radical (unpaired) electrons. The molecule has 0 saturated heterocycles. The molecule has 1 heterocycles. The number of nitrogens with zero attached hydrogens (tertiary/aromatic N) is 1. The summed E-state index contributed by atoms with van der Waals surface area (Å²) in [4.78, 5) is 4.62. The van der Waals surface area contributed by atoms with Gasteiger partial charge in [-0.15, -0.1) is 0 Å². The first-order valence-electron chi connectivity index (χ1n) is 6.89. The Kier molecular flexibility index (Phi) is 3.18. The fraction of sp³-hybridized carbons (Fsp3) is 0.235. The number of fused-ring (bicyclic) bond motifs is 1. The van der Waals surface area contributed by atoms with Crippen molar-refractivity contribution in [2.24, 2.45) is 0 Å². The van der Waals surface area contributed by atoms with Crippen molar-refractivity contribution in [3.05, 3.63) is 47.5 Å². The molecule has 1 aromatic heterocycles. The molecule has 0 aliphatic carbocycles. The second-order valence-corrected chi connectivity index (χ2v) is 5.06. The predicted molar refractivity (Wildman–Crippen MR) is 83.1 cm³/mol. The van der Waals surface area contributed by atoms with Crippen molar-refractivity contribution < 1.29 is 4.42 Å². The minimum absolute atomic E-state index is 0.681. The van der Waals surface area contributed by atoms with E-state index in [1.807, 2.05) is 25.1 Å². The topological polar surface area (TPSA) is 38.1 Å². The van der Waals surface area contributed by atoms with E-state index in [0.717, 1.165) is 34.5 Å². The number of aromatic nitrogens is 1. The van der Waals surface area contributed by atoms with Crippen molar-refractivity contribution in [2.75, 3.05) is 11.9 Å². The Balaban J connectivity index is 2.13. The number of hydrogen-bond donors (Lipinski definition) is 1. The number of hydrogen-bond acceptors (Lipinski definition) is 3. The molecule has 3 heteroatoms. The fourth-order valence-corrected chi connectivity index (χ4v) is 2.41. The van der Waals surface area contributed by atoms with Gasteiger partial charge in [0.2, 0.25) is 5.89 Å². The van der Waals surface area contributed by atoms with Crippen LogP contribution < -0.4 is 5.32 Å². The summed E-state index contributed by atoms with van der Waals surface area (Å²) in [7, 11) is 0. The van der Waals surface area contributed by atoms with Crippen molar-refractivity contribution in [1.29, 1.82) is 0 Å². The zero-order valence-corrected chi connectivity index (χ0v) is 12.0. The van der Waals surface area contributed by atoms with E-state index in [1.54, 1.807) is 0 Å². The molecule has 1 N–H and O–H groups in total. The quantitative estimate of drug-likeness (QED) is 0.756. The average molecular weight is 266 g/mol. The first-order chi connectivity index (χ1) is 9.67. The van der Waals surface area contributed by atoms with Gasteiger partial charge in [0.25, 0.3) is 0 Å². The van der Waals surface area contributed by atoms with Gasteiger partial charge in [-0.05, 0) is 50.6 Å². The monoisotopic (exact) mass is 266 g/mol. The van der Waals surface area contributed by atoms with Crippen LogP contribution in [-0.2, 0) is 0 Å². The van der Waals surface area contributed by atoms with E-state index < -0.39 is 0 Å². The Morgan fingerprint density at radius 2 is 2.00 bits per heavy atom. The van der Waals surface area contributed by atoms with Gasteiger partial charge in [0.05, 0.1) is 0 Å². The first kappa shape index (κ1) is 12.7. The second-order valence-electron chi connectivity index (χ2n) is 5.06. The van der Waals surface area contributed by atoms with E-state index in [2.05, 4.69) is 42.3 Å². The van der Waals surface area contributed by atoms with Crippen molar-refractivity contribution >= 4 is 16.8 Å². The highest BCUT2D eigenvalue weighted by Gasteiger charge is 2.11. The highest BCUT2D eigenvalue weighted by Crippen LogP contribution is 2.29. The largest absolute Gasteiger partial charge is 0.436 e. The average Bonchev–Trinajstić information content (AvgIpc) is 2.84. The maximum atomic E-state index is 5.93. The van der Waals surface area contributed by atoms with Gasteiger partial charge < -0.3 is 9.73 Å². The van der Waals surface area contributed by atoms with Crippen LogP contribution in [0.2, 0.25) is 0 Å². The van der Waals surface area contributed by atoms with Crippen LogP contribution in [-0.4, -0.2) is 11.5 Å². The first-order valence-corrected chi connectivity index (χ1v) is 6.89. The maximum absolute atomic E-state index is 5.93. The maximum Gasteiger partial charge on any atom is 0.227 e. The molecule has 0 unspecified atom stereocenters. The van der Waals surface area contributed by atoms with Crippen molar-refractivity contribution in [1.82, 2.24) is 4.98 Å². The van der Waals surface area contributed by atoms with E-state index in [1.165, 1.54) is 5.56 Å². The summed E-state index contributed by atoms with van der Waals surface area (Å²) < 4.78 is 5.93. The molecule has 20 heavy (non-hydrogen) atoms. The molecule has 0 aliphatic heterocycles. The van der Waals surface area contributed by atoms with E-state index in [0.29, 0.717) is 5.89 Å². The minimum Gasteiger partial charge on any atom is -0.436 e. The third kappa shape index (κ3) is 2.27. The van der Waals surface area contributed by atoms with Gasteiger partial charge in [-0.2, -0.15) is 0 Å². The summed E-state index contributed by atoms with van der Waals surface area (Å²) in [6.07, 6.45) is 0. The Morgan fingerprint density at radius 1 is 1.15 bits per heavy atom. The van der Waals surface area contributed by atoms with Gasteiger partial charge in [-0.25, -0.2) is 4.98 Å². The molecular weight excluding hydrogens is 248 g/mol. The molecule has 3 aromatic rings. The highest BCUT2D eigenvalue weighted by molar-refractivity contribution is 5.83. The minimum atomic E-state index is 0.681. The molecule has 0 aliphatic rings. The molecule has 3 nitrogen and oxygen atoms in total. The zero-order chi connectivity index (χ0) is 14.1. The molecular formula is C17H18N2O. The van der Waals surface area contributed by atoms with Gasteiger partial charge in [-0.1, -0.05) is 17.7 Å². The summed E-state index contributed by atoms with van der Waals surface area (Å²) in [5.74, 6) is 0.681. The summed E-state index contributed by atoms with van der Waals surface area (Å²) in [5.41, 5.74) is 6.17. The lowest BCUT2D eigenvalue weighted by Crippen LogP contribution is -1.96. The zero-order valence-electron chi connectivity index (χ0n) is 12.0. The standard InChI is InChI=1S/C17H18N2O/c1-4-18-14-9-12(3)16-15(10-14)19-17(20-16)13-7-5-6-11(2)8-13/h5-10,18H,4H2,1-3H3. The van der Waals surface area contributed by atoms with Gasteiger partial charge in [0.15, 0.2) is 5.58 Å². The Morgan fingerprint density at radius 3 is 2.75 bits per heavy atom. The normalized spacial score (nSPS) is 10.9. The number of aryl methyl sites for hydroxylation is 2. The smallest absolute Gasteiger partial charge is 0.227 e. The third-order valence-corrected chi connectivity index (χ3v) is 3.32. The van der Waals surface area contributed by atoms with Gasteiger partial charge >= 0.3 is 0 Å². The SMILES string of the molecule is CCNc1cc(C)c2oc(-c3cccc(C)c3)nc2c1. The molecule has 0 saturated carbocycles. The predicted octanol–water partition coefficient (Wildman–Crippen LogP) is 4.54. The molecule has 102 valence electrons. The molecule has 0 bridgehead atoms. The second kappa shape index (κ2) is 5.00. The summed E-state index contributed by atoms with van der Waals surface area (Å²) >= 11 is 0. The van der Waals surface area contributed by atoms with Crippen LogP contribution in [0.3, 0.4) is 0 Å². The Labute approximate surface area is 118 Å². The number of anilines is 1. The summed E-state index contributed by atoms with van der Waals surface area (Å²) in [6, 6.07) is 12.3. The number of rotatable bonds is 3. The Bertz CT molecular complexity index is 759. The van der Waals surface area contributed by atoms with Crippen LogP contribution in [0.1, 0.15) is 18.1 Å². The molecule has 0 fully saturated rings. The fourth-order valence-electron chi connectivity index (χ4n) is 2.41. The third-order valence-electron chi connectivity index (χ3n) is 3.32.